The fourth-order valence-electron chi connectivity index (χ4n) is 3.43. The Morgan fingerprint density at radius 1 is 1.29 bits per heavy atom. The zero-order valence-corrected chi connectivity index (χ0v) is 14.1. The number of likely N-dealkylation sites (tertiary alicyclic amines) is 1. The number of hydrogen-bond donors (Lipinski definition) is 2. The Morgan fingerprint density at radius 2 is 1.96 bits per heavy atom. The van der Waals surface area contributed by atoms with Gasteiger partial charge < -0.3 is 16.0 Å². The molecule has 0 radical (unpaired) electrons. The van der Waals surface area contributed by atoms with Gasteiger partial charge in [0.05, 0.1) is 11.8 Å². The van der Waals surface area contributed by atoms with Gasteiger partial charge in [-0.3, -0.25) is 14.4 Å². The lowest BCUT2D eigenvalue weighted by Crippen LogP contribution is -2.42. The molecule has 0 aromatic heterocycles. The SMILES string of the molecule is CC1(C)C(=O)Nc2ccc(CC(=O)N3CCC(C(N)=O)CC3)cc21. The van der Waals surface area contributed by atoms with Crippen LogP contribution in [0.25, 0.3) is 0 Å². The minimum Gasteiger partial charge on any atom is -0.369 e. The van der Waals surface area contributed by atoms with Gasteiger partial charge in [-0.05, 0) is 43.9 Å². The molecule has 0 spiro atoms. The molecule has 128 valence electrons. The first-order chi connectivity index (χ1) is 11.3. The van der Waals surface area contributed by atoms with Gasteiger partial charge in [0.1, 0.15) is 0 Å². The first kappa shape index (κ1) is 16.5. The molecule has 1 saturated heterocycles. The minimum atomic E-state index is -0.575. The number of carbonyl (C=O) groups excluding carboxylic acids is 3. The van der Waals surface area contributed by atoms with Crippen molar-refractivity contribution in [1.82, 2.24) is 4.90 Å². The summed E-state index contributed by atoms with van der Waals surface area (Å²) in [5.74, 6) is -0.366. The van der Waals surface area contributed by atoms with Crippen molar-refractivity contribution in [2.45, 2.75) is 38.5 Å². The summed E-state index contributed by atoms with van der Waals surface area (Å²) in [6.07, 6.45) is 1.58. The molecule has 1 aromatic carbocycles. The predicted octanol–water partition coefficient (Wildman–Crippen LogP) is 1.18. The summed E-state index contributed by atoms with van der Waals surface area (Å²) in [6, 6.07) is 5.69. The Morgan fingerprint density at radius 3 is 2.58 bits per heavy atom. The van der Waals surface area contributed by atoms with E-state index in [0.717, 1.165) is 16.8 Å². The highest BCUT2D eigenvalue weighted by molar-refractivity contribution is 6.05. The van der Waals surface area contributed by atoms with Crippen molar-refractivity contribution in [3.63, 3.8) is 0 Å². The van der Waals surface area contributed by atoms with Gasteiger partial charge in [-0.15, -0.1) is 0 Å². The maximum absolute atomic E-state index is 12.5. The number of rotatable bonds is 3. The molecule has 2 heterocycles. The quantitative estimate of drug-likeness (QED) is 0.872. The standard InChI is InChI=1S/C18H23N3O3/c1-18(2)13-9-11(3-4-14(13)20-17(18)24)10-15(22)21-7-5-12(6-8-21)16(19)23/h3-4,9,12H,5-8,10H2,1-2H3,(H2,19,23)(H,20,24). The van der Waals surface area contributed by atoms with Crippen LogP contribution < -0.4 is 11.1 Å². The van der Waals surface area contributed by atoms with E-state index in [9.17, 15) is 14.4 Å². The minimum absolute atomic E-state index is 0.0190. The van der Waals surface area contributed by atoms with Gasteiger partial charge in [0.15, 0.2) is 0 Å². The zero-order chi connectivity index (χ0) is 17.5. The van der Waals surface area contributed by atoms with Gasteiger partial charge in [0.25, 0.3) is 0 Å². The molecule has 0 bridgehead atoms. The van der Waals surface area contributed by atoms with Crippen molar-refractivity contribution in [2.75, 3.05) is 18.4 Å². The van der Waals surface area contributed by atoms with Crippen LogP contribution in [0.1, 0.15) is 37.8 Å². The third kappa shape index (κ3) is 2.88. The fraction of sp³-hybridized carbons (Fsp3) is 0.500. The third-order valence-corrected chi connectivity index (χ3v) is 5.18. The number of nitrogens with zero attached hydrogens (tertiary/aromatic N) is 1. The molecular formula is C18H23N3O3. The van der Waals surface area contributed by atoms with Crippen LogP contribution in [0, 0.1) is 5.92 Å². The van der Waals surface area contributed by atoms with Crippen LogP contribution in [0.15, 0.2) is 18.2 Å². The van der Waals surface area contributed by atoms with Crippen LogP contribution in [0.3, 0.4) is 0 Å². The van der Waals surface area contributed by atoms with Crippen LogP contribution in [-0.2, 0) is 26.2 Å². The van der Waals surface area contributed by atoms with E-state index >= 15 is 0 Å². The average Bonchev–Trinajstić information content (AvgIpc) is 2.77. The molecule has 0 saturated carbocycles. The number of nitrogens with one attached hydrogen (secondary N) is 1. The van der Waals surface area contributed by atoms with Crippen molar-refractivity contribution in [2.24, 2.45) is 11.7 Å². The molecule has 2 aliphatic heterocycles. The molecule has 3 N–H and O–H groups in total. The number of hydrogen-bond acceptors (Lipinski definition) is 3. The molecule has 0 atom stereocenters. The van der Waals surface area contributed by atoms with Crippen molar-refractivity contribution in [3.8, 4) is 0 Å². The molecular weight excluding hydrogens is 306 g/mol. The van der Waals surface area contributed by atoms with Crippen molar-refractivity contribution in [1.29, 1.82) is 0 Å². The summed E-state index contributed by atoms with van der Waals surface area (Å²) in [5, 5.41) is 2.87. The monoisotopic (exact) mass is 329 g/mol. The van der Waals surface area contributed by atoms with Crippen LogP contribution in [-0.4, -0.2) is 35.7 Å². The summed E-state index contributed by atoms with van der Waals surface area (Å²) in [7, 11) is 0. The Hall–Kier alpha value is -2.37. The summed E-state index contributed by atoms with van der Waals surface area (Å²) in [6.45, 7) is 4.91. The fourth-order valence-corrected chi connectivity index (χ4v) is 3.43. The van der Waals surface area contributed by atoms with Gasteiger partial charge >= 0.3 is 0 Å². The second-order valence-corrected chi connectivity index (χ2v) is 7.19. The average molecular weight is 329 g/mol. The topological polar surface area (TPSA) is 92.5 Å². The van der Waals surface area contributed by atoms with Gasteiger partial charge in [-0.25, -0.2) is 0 Å². The lowest BCUT2D eigenvalue weighted by atomic mass is 9.85. The lowest BCUT2D eigenvalue weighted by Gasteiger charge is -2.30. The van der Waals surface area contributed by atoms with E-state index in [1.165, 1.54) is 0 Å². The first-order valence-electron chi connectivity index (χ1n) is 8.31. The molecule has 0 aliphatic carbocycles. The smallest absolute Gasteiger partial charge is 0.234 e. The van der Waals surface area contributed by atoms with E-state index in [1.54, 1.807) is 4.90 Å². The molecule has 0 unspecified atom stereocenters. The van der Waals surface area contributed by atoms with E-state index in [2.05, 4.69) is 5.32 Å². The van der Waals surface area contributed by atoms with Gasteiger partial charge in [0, 0.05) is 24.7 Å². The summed E-state index contributed by atoms with van der Waals surface area (Å²) in [4.78, 5) is 37.5. The van der Waals surface area contributed by atoms with E-state index in [0.29, 0.717) is 32.4 Å². The van der Waals surface area contributed by atoms with Crippen LogP contribution in [0.5, 0.6) is 0 Å². The predicted molar refractivity (Wildman–Crippen MR) is 90.3 cm³/mol. The van der Waals surface area contributed by atoms with Crippen molar-refractivity contribution >= 4 is 23.4 Å². The third-order valence-electron chi connectivity index (χ3n) is 5.18. The number of fused-ring (bicyclic) bond motifs is 1. The molecule has 6 nitrogen and oxygen atoms in total. The first-order valence-corrected chi connectivity index (χ1v) is 8.31. The van der Waals surface area contributed by atoms with E-state index < -0.39 is 5.41 Å². The number of anilines is 1. The number of piperidine rings is 1. The normalized spacial score (nSPS) is 19.8. The van der Waals surface area contributed by atoms with Crippen LogP contribution >= 0.6 is 0 Å². The van der Waals surface area contributed by atoms with E-state index in [-0.39, 0.29) is 23.6 Å². The number of amides is 3. The van der Waals surface area contributed by atoms with Gasteiger partial charge in [-0.2, -0.15) is 0 Å². The van der Waals surface area contributed by atoms with E-state index in [4.69, 9.17) is 5.73 Å². The molecule has 2 aliphatic rings. The highest BCUT2D eigenvalue weighted by Crippen LogP contribution is 2.37. The van der Waals surface area contributed by atoms with E-state index in [1.807, 2.05) is 32.0 Å². The van der Waals surface area contributed by atoms with Crippen molar-refractivity contribution in [3.05, 3.63) is 29.3 Å². The Bertz CT molecular complexity index is 703. The molecule has 24 heavy (non-hydrogen) atoms. The number of benzene rings is 1. The van der Waals surface area contributed by atoms with Gasteiger partial charge in [-0.1, -0.05) is 12.1 Å². The van der Waals surface area contributed by atoms with Crippen LogP contribution in [0.4, 0.5) is 5.69 Å². The lowest BCUT2D eigenvalue weighted by molar-refractivity contribution is -0.134. The highest BCUT2D eigenvalue weighted by Gasteiger charge is 2.38. The zero-order valence-electron chi connectivity index (χ0n) is 14.1. The Labute approximate surface area is 141 Å². The maximum Gasteiger partial charge on any atom is 0.234 e. The maximum atomic E-state index is 12.5. The molecule has 6 heteroatoms. The Kier molecular flexibility index (Phi) is 4.07. The summed E-state index contributed by atoms with van der Waals surface area (Å²) < 4.78 is 0. The van der Waals surface area contributed by atoms with Crippen molar-refractivity contribution < 1.29 is 14.4 Å². The van der Waals surface area contributed by atoms with Crippen LogP contribution in [0.2, 0.25) is 0 Å². The molecule has 1 fully saturated rings. The summed E-state index contributed by atoms with van der Waals surface area (Å²) >= 11 is 0. The molecule has 1 aromatic rings. The second kappa shape index (κ2) is 5.92. The Balaban J connectivity index is 1.67. The summed E-state index contributed by atoms with van der Waals surface area (Å²) in [5.41, 5.74) is 7.41. The largest absolute Gasteiger partial charge is 0.369 e. The molecule has 3 rings (SSSR count). The number of nitrogens with two attached hydrogens (primary N) is 1. The second-order valence-electron chi connectivity index (χ2n) is 7.19. The van der Waals surface area contributed by atoms with Gasteiger partial charge in [0.2, 0.25) is 17.7 Å². The number of carbonyl (C=O) groups is 3. The number of primary amides is 1. The highest BCUT2D eigenvalue weighted by atomic mass is 16.2. The molecule has 3 amide bonds.